The summed E-state index contributed by atoms with van der Waals surface area (Å²) in [7, 11) is 0. The van der Waals surface area contributed by atoms with Crippen molar-refractivity contribution in [1.82, 2.24) is 15.1 Å². The van der Waals surface area contributed by atoms with Crippen LogP contribution >= 0.6 is 0 Å². The topological polar surface area (TPSA) is 72.9 Å². The van der Waals surface area contributed by atoms with Crippen LogP contribution in [0.4, 0.5) is 0 Å². The average Bonchev–Trinajstić information content (AvgIpc) is 2.73. The van der Waals surface area contributed by atoms with Crippen molar-refractivity contribution >= 4 is 5.91 Å². The van der Waals surface area contributed by atoms with E-state index in [2.05, 4.69) is 10.4 Å². The number of nitrogens with two attached hydrogens (primary N) is 1. The van der Waals surface area contributed by atoms with E-state index in [1.807, 2.05) is 48.9 Å². The quantitative estimate of drug-likeness (QED) is 0.881. The van der Waals surface area contributed by atoms with Crippen LogP contribution in [0.1, 0.15) is 30.8 Å². The van der Waals surface area contributed by atoms with E-state index in [0.717, 1.165) is 22.6 Å². The Bertz CT molecular complexity index is 644. The van der Waals surface area contributed by atoms with Gasteiger partial charge in [-0.15, -0.1) is 0 Å². The van der Waals surface area contributed by atoms with Gasteiger partial charge in [-0.25, -0.2) is 4.68 Å². The van der Waals surface area contributed by atoms with E-state index >= 15 is 0 Å². The molecule has 0 unspecified atom stereocenters. The number of carbonyl (C=O) groups excluding carboxylic acids is 1. The zero-order valence-electron chi connectivity index (χ0n) is 13.0. The van der Waals surface area contributed by atoms with Crippen molar-refractivity contribution in [1.29, 1.82) is 0 Å². The van der Waals surface area contributed by atoms with Gasteiger partial charge in [0.1, 0.15) is 0 Å². The lowest BCUT2D eigenvalue weighted by Gasteiger charge is -2.22. The summed E-state index contributed by atoms with van der Waals surface area (Å²) in [5, 5.41) is 7.78. The van der Waals surface area contributed by atoms with Crippen LogP contribution in [-0.2, 0) is 11.3 Å². The number of primary amides is 1. The van der Waals surface area contributed by atoms with E-state index in [1.165, 1.54) is 0 Å². The standard InChI is InChI=1S/C16H22N4O/c1-11-14(10-18-16(3,4)15(17)21)12(2)20(19-11)13-8-6-5-7-9-13/h5-9,18H,10H2,1-4H3,(H2,17,21). The minimum absolute atomic E-state index is 0.367. The van der Waals surface area contributed by atoms with Crippen LogP contribution in [0, 0.1) is 13.8 Å². The lowest BCUT2D eigenvalue weighted by molar-refractivity contribution is -0.123. The predicted octanol–water partition coefficient (Wildman–Crippen LogP) is 1.84. The largest absolute Gasteiger partial charge is 0.368 e. The van der Waals surface area contributed by atoms with Crippen LogP contribution < -0.4 is 11.1 Å². The van der Waals surface area contributed by atoms with E-state index < -0.39 is 5.54 Å². The molecule has 0 fully saturated rings. The summed E-state index contributed by atoms with van der Waals surface area (Å²) in [5.41, 5.74) is 8.77. The van der Waals surface area contributed by atoms with Crippen LogP contribution in [0.3, 0.4) is 0 Å². The van der Waals surface area contributed by atoms with Crippen LogP contribution in [0.2, 0.25) is 0 Å². The van der Waals surface area contributed by atoms with Crippen molar-refractivity contribution in [3.63, 3.8) is 0 Å². The van der Waals surface area contributed by atoms with Gasteiger partial charge in [-0.1, -0.05) is 18.2 Å². The highest BCUT2D eigenvalue weighted by molar-refractivity contribution is 5.83. The van der Waals surface area contributed by atoms with Crippen LogP contribution in [0.5, 0.6) is 0 Å². The molecule has 112 valence electrons. The molecule has 2 rings (SSSR count). The van der Waals surface area contributed by atoms with E-state index in [4.69, 9.17) is 5.73 Å². The molecule has 0 saturated heterocycles. The summed E-state index contributed by atoms with van der Waals surface area (Å²) in [4.78, 5) is 11.4. The molecule has 0 aliphatic rings. The maximum Gasteiger partial charge on any atom is 0.237 e. The second-order valence-electron chi connectivity index (χ2n) is 5.74. The molecule has 0 spiro atoms. The summed E-state index contributed by atoms with van der Waals surface area (Å²) < 4.78 is 1.92. The molecule has 0 atom stereocenters. The number of nitrogens with zero attached hydrogens (tertiary/aromatic N) is 2. The van der Waals surface area contributed by atoms with Gasteiger partial charge >= 0.3 is 0 Å². The smallest absolute Gasteiger partial charge is 0.237 e. The molecule has 0 saturated carbocycles. The number of nitrogens with one attached hydrogen (secondary N) is 1. The Hall–Kier alpha value is -2.14. The van der Waals surface area contributed by atoms with E-state index in [1.54, 1.807) is 13.8 Å². The molecule has 5 nitrogen and oxygen atoms in total. The van der Waals surface area contributed by atoms with Gasteiger partial charge in [0, 0.05) is 17.8 Å². The molecular formula is C16H22N4O. The van der Waals surface area contributed by atoms with E-state index in [0.29, 0.717) is 6.54 Å². The lowest BCUT2D eigenvalue weighted by atomic mass is 10.0. The molecule has 0 aliphatic carbocycles. The summed E-state index contributed by atoms with van der Waals surface area (Å²) >= 11 is 0. The highest BCUT2D eigenvalue weighted by Crippen LogP contribution is 2.18. The first-order valence-corrected chi connectivity index (χ1v) is 6.98. The van der Waals surface area contributed by atoms with Crippen molar-refractivity contribution in [2.45, 2.75) is 39.8 Å². The Morgan fingerprint density at radius 3 is 2.48 bits per heavy atom. The third-order valence-electron chi connectivity index (χ3n) is 3.77. The molecule has 0 aliphatic heterocycles. The number of hydrogen-bond donors (Lipinski definition) is 2. The Balaban J connectivity index is 2.27. The molecule has 2 aromatic rings. The number of carbonyl (C=O) groups is 1. The molecular weight excluding hydrogens is 264 g/mol. The zero-order chi connectivity index (χ0) is 15.6. The Morgan fingerprint density at radius 2 is 1.90 bits per heavy atom. The zero-order valence-corrected chi connectivity index (χ0v) is 13.0. The van der Waals surface area contributed by atoms with E-state index in [-0.39, 0.29) is 5.91 Å². The van der Waals surface area contributed by atoms with Crippen molar-refractivity contribution in [2.75, 3.05) is 0 Å². The summed E-state index contributed by atoms with van der Waals surface area (Å²) in [5.74, 6) is -0.367. The number of hydrogen-bond acceptors (Lipinski definition) is 3. The first-order chi connectivity index (χ1) is 9.83. The Labute approximate surface area is 125 Å². The van der Waals surface area contributed by atoms with Crippen LogP contribution in [-0.4, -0.2) is 21.2 Å². The van der Waals surface area contributed by atoms with Crippen LogP contribution in [0.15, 0.2) is 30.3 Å². The maximum atomic E-state index is 11.4. The van der Waals surface area contributed by atoms with Gasteiger partial charge in [0.2, 0.25) is 5.91 Å². The normalized spacial score (nSPS) is 11.6. The third-order valence-corrected chi connectivity index (χ3v) is 3.77. The van der Waals surface area contributed by atoms with Gasteiger partial charge in [0.05, 0.1) is 16.9 Å². The van der Waals surface area contributed by atoms with Gasteiger partial charge in [-0.3, -0.25) is 10.1 Å². The summed E-state index contributed by atoms with van der Waals surface area (Å²) in [6.45, 7) is 8.12. The number of aryl methyl sites for hydroxylation is 1. The minimum atomic E-state index is -0.742. The lowest BCUT2D eigenvalue weighted by Crippen LogP contribution is -2.50. The van der Waals surface area contributed by atoms with Crippen molar-refractivity contribution < 1.29 is 4.79 Å². The fourth-order valence-corrected chi connectivity index (χ4v) is 2.15. The molecule has 1 heterocycles. The van der Waals surface area contributed by atoms with Gasteiger partial charge in [0.25, 0.3) is 0 Å². The number of benzene rings is 1. The first-order valence-electron chi connectivity index (χ1n) is 6.98. The van der Waals surface area contributed by atoms with E-state index in [9.17, 15) is 4.79 Å². The maximum absolute atomic E-state index is 11.4. The van der Waals surface area contributed by atoms with Crippen molar-refractivity contribution in [3.05, 3.63) is 47.3 Å². The van der Waals surface area contributed by atoms with Crippen LogP contribution in [0.25, 0.3) is 5.69 Å². The molecule has 21 heavy (non-hydrogen) atoms. The summed E-state index contributed by atoms with van der Waals surface area (Å²) in [6, 6.07) is 9.99. The monoisotopic (exact) mass is 286 g/mol. The van der Waals surface area contributed by atoms with Crippen molar-refractivity contribution in [2.24, 2.45) is 5.73 Å². The minimum Gasteiger partial charge on any atom is -0.368 e. The van der Waals surface area contributed by atoms with Gasteiger partial charge in [-0.05, 0) is 39.8 Å². The van der Waals surface area contributed by atoms with Gasteiger partial charge in [-0.2, -0.15) is 5.10 Å². The SMILES string of the molecule is Cc1nn(-c2ccccc2)c(C)c1CNC(C)(C)C(N)=O. The molecule has 0 bridgehead atoms. The number of aromatic nitrogens is 2. The van der Waals surface area contributed by atoms with Gasteiger partial charge in [0.15, 0.2) is 0 Å². The second-order valence-corrected chi connectivity index (χ2v) is 5.74. The predicted molar refractivity (Wildman–Crippen MR) is 83.2 cm³/mol. The molecule has 3 N–H and O–H groups in total. The third kappa shape index (κ3) is 3.13. The molecule has 1 amide bonds. The highest BCUT2D eigenvalue weighted by Gasteiger charge is 2.25. The number of para-hydroxylation sites is 1. The second kappa shape index (κ2) is 5.69. The molecule has 1 aromatic carbocycles. The van der Waals surface area contributed by atoms with Crippen molar-refractivity contribution in [3.8, 4) is 5.69 Å². The first kappa shape index (κ1) is 15.3. The highest BCUT2D eigenvalue weighted by atomic mass is 16.1. The molecule has 5 heteroatoms. The fraction of sp³-hybridized carbons (Fsp3) is 0.375. The summed E-state index contributed by atoms with van der Waals surface area (Å²) in [6.07, 6.45) is 0. The van der Waals surface area contributed by atoms with Gasteiger partial charge < -0.3 is 5.73 Å². The Kier molecular flexibility index (Phi) is 4.14. The number of rotatable bonds is 5. The Morgan fingerprint density at radius 1 is 1.29 bits per heavy atom. The average molecular weight is 286 g/mol. The number of amides is 1. The molecule has 1 aromatic heterocycles. The fourth-order valence-electron chi connectivity index (χ4n) is 2.15. The molecule has 0 radical (unpaired) electrons.